The number of hydrogen-bond acceptors (Lipinski definition) is 2. The molecule has 0 heterocycles. The summed E-state index contributed by atoms with van der Waals surface area (Å²) >= 11 is 0. The Balaban J connectivity index is 2.54. The van der Waals surface area contributed by atoms with Gasteiger partial charge < -0.3 is 4.74 Å². The van der Waals surface area contributed by atoms with Gasteiger partial charge in [0.1, 0.15) is 6.61 Å². The zero-order chi connectivity index (χ0) is 10.8. The van der Waals surface area contributed by atoms with Gasteiger partial charge in [-0.2, -0.15) is 0 Å². The first kappa shape index (κ1) is 11.3. The molecule has 2 heteroatoms. The van der Waals surface area contributed by atoms with Crippen molar-refractivity contribution in [3.05, 3.63) is 11.6 Å². The van der Waals surface area contributed by atoms with E-state index in [1.54, 1.807) is 0 Å². The normalized spacial score (nSPS) is 25.4. The van der Waals surface area contributed by atoms with Gasteiger partial charge in [0, 0.05) is 6.92 Å². The van der Waals surface area contributed by atoms with Crippen LogP contribution >= 0.6 is 0 Å². The van der Waals surface area contributed by atoms with Gasteiger partial charge >= 0.3 is 5.97 Å². The van der Waals surface area contributed by atoms with Gasteiger partial charge in [0.25, 0.3) is 0 Å². The lowest BCUT2D eigenvalue weighted by molar-refractivity contribution is -0.140. The van der Waals surface area contributed by atoms with E-state index in [4.69, 9.17) is 4.74 Å². The van der Waals surface area contributed by atoms with Crippen molar-refractivity contribution in [3.63, 3.8) is 0 Å². The fraction of sp³-hybridized carbons (Fsp3) is 0.750. The lowest BCUT2D eigenvalue weighted by atomic mass is 9.73. The van der Waals surface area contributed by atoms with Crippen LogP contribution in [0.5, 0.6) is 0 Å². The van der Waals surface area contributed by atoms with E-state index in [2.05, 4.69) is 26.8 Å². The maximum Gasteiger partial charge on any atom is 0.302 e. The Morgan fingerprint density at radius 1 is 1.64 bits per heavy atom. The monoisotopic (exact) mass is 196 g/mol. The van der Waals surface area contributed by atoms with Crippen LogP contribution in [0, 0.1) is 11.3 Å². The highest BCUT2D eigenvalue weighted by atomic mass is 16.5. The summed E-state index contributed by atoms with van der Waals surface area (Å²) < 4.78 is 5.01. The zero-order valence-corrected chi connectivity index (χ0v) is 9.59. The van der Waals surface area contributed by atoms with Crippen LogP contribution in [0.1, 0.15) is 40.5 Å². The molecule has 0 radical (unpaired) electrons. The zero-order valence-electron chi connectivity index (χ0n) is 9.59. The molecule has 1 aliphatic carbocycles. The summed E-state index contributed by atoms with van der Waals surface area (Å²) in [6.45, 7) is 8.70. The molecule has 0 saturated carbocycles. The third-order valence-electron chi connectivity index (χ3n) is 2.85. The largest absolute Gasteiger partial charge is 0.461 e. The number of carbonyl (C=O) groups is 1. The Bertz CT molecular complexity index is 251. The molecule has 0 N–H and O–H groups in total. The molecule has 0 fully saturated rings. The maximum atomic E-state index is 10.7. The summed E-state index contributed by atoms with van der Waals surface area (Å²) in [5.41, 5.74) is 1.68. The summed E-state index contributed by atoms with van der Waals surface area (Å²) in [7, 11) is 0. The van der Waals surface area contributed by atoms with Gasteiger partial charge in [-0.1, -0.05) is 26.8 Å². The summed E-state index contributed by atoms with van der Waals surface area (Å²) in [5.74, 6) is 0.348. The second kappa shape index (κ2) is 4.16. The Morgan fingerprint density at radius 2 is 2.29 bits per heavy atom. The van der Waals surface area contributed by atoms with Gasteiger partial charge in [-0.3, -0.25) is 4.79 Å². The standard InChI is InChI=1S/C12H20O2/c1-9-7-12(3,4)6-5-11(9)8-14-10(2)13/h5,9H,6-8H2,1-4H3/t9-/m1/s1. The fourth-order valence-corrected chi connectivity index (χ4v) is 2.04. The lowest BCUT2D eigenvalue weighted by Crippen LogP contribution is -2.23. The van der Waals surface area contributed by atoms with E-state index < -0.39 is 0 Å². The second-order valence-electron chi connectivity index (χ2n) is 5.03. The molecule has 0 aromatic rings. The predicted molar refractivity (Wildman–Crippen MR) is 56.9 cm³/mol. The van der Waals surface area contributed by atoms with Gasteiger partial charge in [-0.15, -0.1) is 0 Å². The van der Waals surface area contributed by atoms with Crippen LogP contribution in [0.25, 0.3) is 0 Å². The van der Waals surface area contributed by atoms with Crippen LogP contribution in [0.15, 0.2) is 11.6 Å². The smallest absolute Gasteiger partial charge is 0.302 e. The number of hydrogen-bond donors (Lipinski definition) is 0. The predicted octanol–water partition coefficient (Wildman–Crippen LogP) is 2.93. The number of ether oxygens (including phenoxy) is 1. The summed E-state index contributed by atoms with van der Waals surface area (Å²) in [4.78, 5) is 10.7. The third kappa shape index (κ3) is 3.17. The minimum atomic E-state index is -0.192. The van der Waals surface area contributed by atoms with E-state index in [9.17, 15) is 4.79 Å². The molecule has 0 spiro atoms. The van der Waals surface area contributed by atoms with Crippen molar-refractivity contribution in [2.75, 3.05) is 6.61 Å². The van der Waals surface area contributed by atoms with Crippen molar-refractivity contribution in [3.8, 4) is 0 Å². The van der Waals surface area contributed by atoms with Crippen molar-refractivity contribution < 1.29 is 9.53 Å². The maximum absolute atomic E-state index is 10.7. The molecule has 80 valence electrons. The van der Waals surface area contributed by atoms with Gasteiger partial charge in [0.2, 0.25) is 0 Å². The van der Waals surface area contributed by atoms with Crippen LogP contribution in [0.3, 0.4) is 0 Å². The summed E-state index contributed by atoms with van der Waals surface area (Å²) in [6.07, 6.45) is 4.51. The van der Waals surface area contributed by atoms with E-state index >= 15 is 0 Å². The van der Waals surface area contributed by atoms with Crippen LogP contribution in [0.4, 0.5) is 0 Å². The van der Waals surface area contributed by atoms with Gasteiger partial charge in [-0.05, 0) is 29.7 Å². The van der Waals surface area contributed by atoms with Crippen molar-refractivity contribution >= 4 is 5.97 Å². The van der Waals surface area contributed by atoms with Crippen LogP contribution in [0.2, 0.25) is 0 Å². The first-order valence-corrected chi connectivity index (χ1v) is 5.23. The molecule has 2 nitrogen and oxygen atoms in total. The Labute approximate surface area is 86.3 Å². The molecule has 1 atom stereocenters. The van der Waals surface area contributed by atoms with Crippen LogP contribution in [-0.2, 0) is 9.53 Å². The first-order valence-electron chi connectivity index (χ1n) is 5.23. The molecule has 0 unspecified atom stereocenters. The molecule has 14 heavy (non-hydrogen) atoms. The minimum Gasteiger partial charge on any atom is -0.461 e. The highest BCUT2D eigenvalue weighted by Gasteiger charge is 2.26. The Kier molecular flexibility index (Phi) is 3.35. The van der Waals surface area contributed by atoms with Crippen molar-refractivity contribution in [1.29, 1.82) is 0 Å². The number of esters is 1. The molecular formula is C12H20O2. The molecule has 0 aromatic heterocycles. The molecule has 0 aliphatic heterocycles. The highest BCUT2D eigenvalue weighted by Crippen LogP contribution is 2.37. The average molecular weight is 196 g/mol. The number of allylic oxidation sites excluding steroid dienone is 1. The van der Waals surface area contributed by atoms with Gasteiger partial charge in [0.05, 0.1) is 0 Å². The molecule has 0 bridgehead atoms. The third-order valence-corrected chi connectivity index (χ3v) is 2.85. The number of carbonyl (C=O) groups excluding carboxylic acids is 1. The van der Waals surface area contributed by atoms with E-state index in [1.165, 1.54) is 18.9 Å². The van der Waals surface area contributed by atoms with E-state index in [0.29, 0.717) is 17.9 Å². The molecule has 0 amide bonds. The molecular weight excluding hydrogens is 176 g/mol. The SMILES string of the molecule is CC(=O)OCC1=CCC(C)(C)C[C@H]1C. The Hall–Kier alpha value is -0.790. The topological polar surface area (TPSA) is 26.3 Å². The van der Waals surface area contributed by atoms with Crippen LogP contribution < -0.4 is 0 Å². The average Bonchev–Trinajstić information content (AvgIpc) is 2.00. The molecule has 1 aliphatic rings. The van der Waals surface area contributed by atoms with Crippen molar-refractivity contribution in [2.24, 2.45) is 11.3 Å². The molecule has 0 saturated heterocycles. The van der Waals surface area contributed by atoms with Crippen molar-refractivity contribution in [2.45, 2.75) is 40.5 Å². The van der Waals surface area contributed by atoms with E-state index in [0.717, 1.165) is 6.42 Å². The van der Waals surface area contributed by atoms with Gasteiger partial charge in [-0.25, -0.2) is 0 Å². The summed E-state index contributed by atoms with van der Waals surface area (Å²) in [5, 5.41) is 0. The lowest BCUT2D eigenvalue weighted by Gasteiger charge is -2.33. The quantitative estimate of drug-likeness (QED) is 0.501. The fourth-order valence-electron chi connectivity index (χ4n) is 2.04. The first-order chi connectivity index (χ1) is 6.41. The molecule has 1 rings (SSSR count). The van der Waals surface area contributed by atoms with Crippen molar-refractivity contribution in [1.82, 2.24) is 0 Å². The number of rotatable bonds is 2. The Morgan fingerprint density at radius 3 is 2.79 bits per heavy atom. The summed E-state index contributed by atoms with van der Waals surface area (Å²) in [6, 6.07) is 0. The minimum absolute atomic E-state index is 0.192. The highest BCUT2D eigenvalue weighted by molar-refractivity contribution is 5.66. The van der Waals surface area contributed by atoms with E-state index in [1.807, 2.05) is 0 Å². The van der Waals surface area contributed by atoms with Crippen LogP contribution in [-0.4, -0.2) is 12.6 Å². The molecule has 0 aromatic carbocycles. The second-order valence-corrected chi connectivity index (χ2v) is 5.03. The van der Waals surface area contributed by atoms with E-state index in [-0.39, 0.29) is 5.97 Å². The van der Waals surface area contributed by atoms with Gasteiger partial charge in [0.15, 0.2) is 0 Å².